The first-order valence-corrected chi connectivity index (χ1v) is 9.90. The van der Waals surface area contributed by atoms with Gasteiger partial charge in [0.15, 0.2) is 0 Å². The van der Waals surface area contributed by atoms with Gasteiger partial charge < -0.3 is 10.2 Å². The van der Waals surface area contributed by atoms with Gasteiger partial charge in [-0.15, -0.1) is 0 Å². The van der Waals surface area contributed by atoms with Gasteiger partial charge in [0.2, 0.25) is 5.91 Å². The van der Waals surface area contributed by atoms with Crippen molar-refractivity contribution < 1.29 is 9.59 Å². The van der Waals surface area contributed by atoms with Crippen LogP contribution in [0.4, 0.5) is 0 Å². The Kier molecular flexibility index (Phi) is 4.97. The van der Waals surface area contributed by atoms with Crippen molar-refractivity contribution in [2.45, 2.75) is 64.6 Å². The molecule has 2 N–H and O–H groups in total. The van der Waals surface area contributed by atoms with Crippen molar-refractivity contribution >= 4 is 11.8 Å². The average molecular weight is 366 g/mol. The van der Waals surface area contributed by atoms with Crippen LogP contribution >= 0.6 is 0 Å². The molecule has 1 aliphatic carbocycles. The first-order chi connectivity index (χ1) is 13.2. The molecule has 1 aromatic carbocycles. The SMILES string of the molecule is CC[C@@H](C(=O)NCc1n[nH]c2c1CCCCC2)N1Cc2ccccc2C1=O. The zero-order valence-corrected chi connectivity index (χ0v) is 15.8. The van der Waals surface area contributed by atoms with Crippen LogP contribution < -0.4 is 5.32 Å². The van der Waals surface area contributed by atoms with Crippen LogP contribution in [0.5, 0.6) is 0 Å². The Labute approximate surface area is 159 Å². The van der Waals surface area contributed by atoms with Gasteiger partial charge in [-0.3, -0.25) is 14.7 Å². The molecule has 0 saturated carbocycles. The monoisotopic (exact) mass is 366 g/mol. The van der Waals surface area contributed by atoms with E-state index in [9.17, 15) is 9.59 Å². The smallest absolute Gasteiger partial charge is 0.255 e. The highest BCUT2D eigenvalue weighted by Crippen LogP contribution is 2.26. The van der Waals surface area contributed by atoms with Crippen molar-refractivity contribution in [1.29, 1.82) is 0 Å². The van der Waals surface area contributed by atoms with E-state index in [1.165, 1.54) is 30.5 Å². The van der Waals surface area contributed by atoms with Crippen LogP contribution in [0.2, 0.25) is 0 Å². The van der Waals surface area contributed by atoms with E-state index in [0.717, 1.165) is 24.1 Å². The molecular formula is C21H26N4O2. The van der Waals surface area contributed by atoms with E-state index < -0.39 is 6.04 Å². The molecular weight excluding hydrogens is 340 g/mol. The summed E-state index contributed by atoms with van der Waals surface area (Å²) in [7, 11) is 0. The fourth-order valence-electron chi connectivity index (χ4n) is 4.24. The molecule has 0 radical (unpaired) electrons. The van der Waals surface area contributed by atoms with E-state index in [0.29, 0.717) is 25.1 Å². The summed E-state index contributed by atoms with van der Waals surface area (Å²) in [5, 5.41) is 10.6. The molecule has 1 aromatic heterocycles. The Morgan fingerprint density at radius 2 is 2.07 bits per heavy atom. The summed E-state index contributed by atoms with van der Waals surface area (Å²) >= 11 is 0. The van der Waals surface area contributed by atoms with Gasteiger partial charge in [-0.1, -0.05) is 31.5 Å². The lowest BCUT2D eigenvalue weighted by atomic mass is 10.1. The van der Waals surface area contributed by atoms with Gasteiger partial charge in [0.1, 0.15) is 6.04 Å². The molecule has 6 nitrogen and oxygen atoms in total. The summed E-state index contributed by atoms with van der Waals surface area (Å²) in [6.07, 6.45) is 6.25. The quantitative estimate of drug-likeness (QED) is 0.799. The average Bonchev–Trinajstić information content (AvgIpc) is 3.12. The van der Waals surface area contributed by atoms with Crippen LogP contribution in [0, 0.1) is 0 Å². The lowest BCUT2D eigenvalue weighted by Crippen LogP contribution is -2.46. The maximum Gasteiger partial charge on any atom is 0.255 e. The van der Waals surface area contributed by atoms with Crippen LogP contribution in [-0.2, 0) is 30.7 Å². The minimum atomic E-state index is -0.456. The molecule has 0 spiro atoms. The summed E-state index contributed by atoms with van der Waals surface area (Å²) in [4.78, 5) is 27.2. The summed E-state index contributed by atoms with van der Waals surface area (Å²) in [6.45, 7) is 2.86. The molecule has 2 heterocycles. The topological polar surface area (TPSA) is 78.1 Å². The Morgan fingerprint density at radius 1 is 1.26 bits per heavy atom. The van der Waals surface area contributed by atoms with E-state index in [1.807, 2.05) is 31.2 Å². The number of aryl methyl sites for hydroxylation is 1. The zero-order chi connectivity index (χ0) is 18.8. The van der Waals surface area contributed by atoms with E-state index in [1.54, 1.807) is 4.90 Å². The molecule has 6 heteroatoms. The third kappa shape index (κ3) is 3.36. The van der Waals surface area contributed by atoms with E-state index >= 15 is 0 Å². The Hall–Kier alpha value is -2.63. The molecule has 0 unspecified atom stereocenters. The maximum absolute atomic E-state index is 12.8. The van der Waals surface area contributed by atoms with Crippen molar-refractivity contribution in [2.24, 2.45) is 0 Å². The summed E-state index contributed by atoms with van der Waals surface area (Å²) < 4.78 is 0. The molecule has 27 heavy (non-hydrogen) atoms. The number of carbonyl (C=O) groups is 2. The van der Waals surface area contributed by atoms with Gasteiger partial charge in [0, 0.05) is 17.8 Å². The summed E-state index contributed by atoms with van der Waals surface area (Å²) in [5.41, 5.74) is 5.12. The van der Waals surface area contributed by atoms with E-state index in [4.69, 9.17) is 0 Å². The van der Waals surface area contributed by atoms with Gasteiger partial charge in [-0.25, -0.2) is 0 Å². The lowest BCUT2D eigenvalue weighted by Gasteiger charge is -2.25. The highest BCUT2D eigenvalue weighted by atomic mass is 16.2. The molecule has 4 rings (SSSR count). The van der Waals surface area contributed by atoms with Crippen LogP contribution in [0.25, 0.3) is 0 Å². The number of fused-ring (bicyclic) bond motifs is 2. The maximum atomic E-state index is 12.8. The molecule has 0 bridgehead atoms. The van der Waals surface area contributed by atoms with Crippen molar-refractivity contribution in [3.8, 4) is 0 Å². The molecule has 2 aliphatic rings. The number of nitrogens with one attached hydrogen (secondary N) is 2. The standard InChI is InChI=1S/C21H26N4O2/c1-2-19(25-13-14-8-6-7-9-15(14)21(25)27)20(26)22-12-18-16-10-4-3-5-11-17(16)23-24-18/h6-9,19H,2-5,10-13H2,1H3,(H,22,26)(H,23,24)/t19-/m0/s1. The Morgan fingerprint density at radius 3 is 2.89 bits per heavy atom. The van der Waals surface area contributed by atoms with Crippen LogP contribution in [0.3, 0.4) is 0 Å². The van der Waals surface area contributed by atoms with E-state index in [2.05, 4.69) is 15.5 Å². The predicted octanol–water partition coefficient (Wildman–Crippen LogP) is 2.73. The number of amides is 2. The van der Waals surface area contributed by atoms with Crippen molar-refractivity contribution in [3.05, 3.63) is 52.3 Å². The molecule has 2 aromatic rings. The second-order valence-corrected chi connectivity index (χ2v) is 7.42. The number of H-pyrrole nitrogens is 1. The van der Waals surface area contributed by atoms with Gasteiger partial charge in [0.05, 0.1) is 12.2 Å². The number of rotatable bonds is 5. The van der Waals surface area contributed by atoms with Gasteiger partial charge >= 0.3 is 0 Å². The first kappa shape index (κ1) is 17.8. The van der Waals surface area contributed by atoms with Crippen molar-refractivity contribution in [2.75, 3.05) is 0 Å². The second kappa shape index (κ2) is 7.55. The number of aromatic amines is 1. The molecule has 1 atom stereocenters. The number of hydrogen-bond donors (Lipinski definition) is 2. The lowest BCUT2D eigenvalue weighted by molar-refractivity contribution is -0.126. The molecule has 0 saturated heterocycles. The van der Waals surface area contributed by atoms with Gasteiger partial charge in [-0.05, 0) is 49.3 Å². The van der Waals surface area contributed by atoms with Crippen LogP contribution in [0.1, 0.15) is 65.5 Å². The third-order valence-corrected chi connectivity index (χ3v) is 5.74. The number of nitrogens with zero attached hydrogens (tertiary/aromatic N) is 2. The third-order valence-electron chi connectivity index (χ3n) is 5.74. The summed E-state index contributed by atoms with van der Waals surface area (Å²) in [5.74, 6) is -0.162. The molecule has 0 fully saturated rings. The summed E-state index contributed by atoms with van der Waals surface area (Å²) in [6, 6.07) is 7.13. The molecule has 1 aliphatic heterocycles. The fraction of sp³-hybridized carbons (Fsp3) is 0.476. The first-order valence-electron chi connectivity index (χ1n) is 9.90. The number of aromatic nitrogens is 2. The van der Waals surface area contributed by atoms with E-state index in [-0.39, 0.29) is 11.8 Å². The van der Waals surface area contributed by atoms with Gasteiger partial charge in [-0.2, -0.15) is 5.10 Å². The normalized spacial score (nSPS) is 17.2. The van der Waals surface area contributed by atoms with Crippen LogP contribution in [-0.4, -0.2) is 33.0 Å². The van der Waals surface area contributed by atoms with Crippen molar-refractivity contribution in [3.63, 3.8) is 0 Å². The molecule has 2 amide bonds. The predicted molar refractivity (Wildman–Crippen MR) is 102 cm³/mol. The Balaban J connectivity index is 1.43. The number of benzene rings is 1. The number of carbonyl (C=O) groups excluding carboxylic acids is 2. The highest BCUT2D eigenvalue weighted by molar-refractivity contribution is 6.01. The zero-order valence-electron chi connectivity index (χ0n) is 15.8. The van der Waals surface area contributed by atoms with Crippen LogP contribution in [0.15, 0.2) is 24.3 Å². The Bertz CT molecular complexity index is 858. The minimum absolute atomic E-state index is 0.0544. The fourth-order valence-corrected chi connectivity index (χ4v) is 4.24. The second-order valence-electron chi connectivity index (χ2n) is 7.42. The largest absolute Gasteiger partial charge is 0.349 e. The highest BCUT2D eigenvalue weighted by Gasteiger charge is 2.35. The number of hydrogen-bond acceptors (Lipinski definition) is 3. The molecule has 142 valence electrons. The van der Waals surface area contributed by atoms with Gasteiger partial charge in [0.25, 0.3) is 5.91 Å². The van der Waals surface area contributed by atoms with Crippen molar-refractivity contribution in [1.82, 2.24) is 20.4 Å². The minimum Gasteiger partial charge on any atom is -0.349 e.